The van der Waals surface area contributed by atoms with Crippen molar-refractivity contribution < 1.29 is 9.59 Å². The number of Topliss-reactive ketones (excluding diaryl/α,β-unsaturated/α-hetero) is 1. The number of benzene rings is 1. The Kier molecular flexibility index (Phi) is 12.3. The molecule has 0 spiro atoms. The number of carbonyl (C=O) groups excluding carboxylic acids is 2. The predicted octanol–water partition coefficient (Wildman–Crippen LogP) is 2.79. The van der Waals surface area contributed by atoms with Crippen LogP contribution in [-0.2, 0) is 4.79 Å². The molecule has 4 nitrogen and oxygen atoms in total. The number of amides is 1. The third-order valence-corrected chi connectivity index (χ3v) is 3.87. The average molecular weight is 365 g/mol. The minimum absolute atomic E-state index is 0. The first-order valence-electron chi connectivity index (χ1n) is 6.97. The molecule has 0 aliphatic carbocycles. The van der Waals surface area contributed by atoms with Crippen LogP contribution in [0.2, 0.25) is 5.02 Å². The third-order valence-electron chi connectivity index (χ3n) is 2.68. The second-order valence-electron chi connectivity index (χ2n) is 4.52. The van der Waals surface area contributed by atoms with Gasteiger partial charge < -0.3 is 10.6 Å². The molecule has 0 saturated carbocycles. The van der Waals surface area contributed by atoms with E-state index in [2.05, 4.69) is 17.6 Å². The Morgan fingerprint density at radius 3 is 2.41 bits per heavy atom. The van der Waals surface area contributed by atoms with Gasteiger partial charge in [-0.15, -0.1) is 24.2 Å². The minimum Gasteiger partial charge on any atom is -0.354 e. The van der Waals surface area contributed by atoms with E-state index in [1.807, 2.05) is 0 Å². The van der Waals surface area contributed by atoms with Crippen molar-refractivity contribution in [3.63, 3.8) is 0 Å². The Hall–Kier alpha value is -0.750. The summed E-state index contributed by atoms with van der Waals surface area (Å²) in [6, 6.07) is 6.78. The van der Waals surface area contributed by atoms with Crippen molar-refractivity contribution in [1.29, 1.82) is 0 Å². The molecule has 2 N–H and O–H groups in total. The molecular weight excluding hydrogens is 343 g/mol. The number of carbonyl (C=O) groups is 2. The molecule has 1 rings (SSSR count). The molecule has 0 aliphatic rings. The lowest BCUT2D eigenvalue weighted by Crippen LogP contribution is -2.33. The summed E-state index contributed by atoms with van der Waals surface area (Å²) in [5, 5.41) is 6.62. The quantitative estimate of drug-likeness (QED) is 0.495. The number of rotatable bonds is 10. The van der Waals surface area contributed by atoms with Crippen LogP contribution in [0.3, 0.4) is 0 Å². The second kappa shape index (κ2) is 12.8. The lowest BCUT2D eigenvalue weighted by atomic mass is 10.1. The van der Waals surface area contributed by atoms with Crippen molar-refractivity contribution in [3.8, 4) is 0 Å². The van der Waals surface area contributed by atoms with Crippen molar-refractivity contribution in [2.24, 2.45) is 0 Å². The molecule has 22 heavy (non-hydrogen) atoms. The fourth-order valence-electron chi connectivity index (χ4n) is 1.60. The summed E-state index contributed by atoms with van der Waals surface area (Å²) in [7, 11) is 0. The molecule has 0 aliphatic heterocycles. The van der Waals surface area contributed by atoms with Crippen LogP contribution >= 0.6 is 35.8 Å². The maximum absolute atomic E-state index is 11.9. The number of ketones is 1. The molecule has 0 saturated heterocycles. The van der Waals surface area contributed by atoms with Crippen LogP contribution in [0.4, 0.5) is 0 Å². The number of nitrogens with one attached hydrogen (secondary N) is 2. The van der Waals surface area contributed by atoms with Crippen LogP contribution in [0, 0.1) is 0 Å². The van der Waals surface area contributed by atoms with Crippen LogP contribution in [0.25, 0.3) is 0 Å². The van der Waals surface area contributed by atoms with E-state index in [0.717, 1.165) is 19.5 Å². The molecule has 0 atom stereocenters. The van der Waals surface area contributed by atoms with E-state index in [9.17, 15) is 9.59 Å². The number of halogens is 2. The molecule has 1 amide bonds. The normalized spacial score (nSPS) is 9.91. The highest BCUT2D eigenvalue weighted by Gasteiger charge is 2.07. The monoisotopic (exact) mass is 364 g/mol. The molecule has 0 unspecified atom stereocenters. The van der Waals surface area contributed by atoms with Gasteiger partial charge in [0.25, 0.3) is 0 Å². The summed E-state index contributed by atoms with van der Waals surface area (Å²) in [5.41, 5.74) is 0.621. The molecule has 0 bridgehead atoms. The first kappa shape index (κ1) is 21.2. The lowest BCUT2D eigenvalue weighted by Gasteiger charge is -2.06. The topological polar surface area (TPSA) is 58.2 Å². The van der Waals surface area contributed by atoms with Gasteiger partial charge in [-0.1, -0.05) is 18.5 Å². The largest absolute Gasteiger partial charge is 0.354 e. The van der Waals surface area contributed by atoms with Gasteiger partial charge in [0.2, 0.25) is 5.91 Å². The standard InChI is InChI=1S/C15H21ClN2O2S.ClH/c1-2-7-17-8-9-18-15(20)11-21-10-14(19)12-3-5-13(16)6-4-12;/h3-6,17H,2,7-11H2,1H3,(H,18,20);1H. The van der Waals surface area contributed by atoms with Gasteiger partial charge in [-0.2, -0.15) is 0 Å². The van der Waals surface area contributed by atoms with Gasteiger partial charge in [-0.3, -0.25) is 9.59 Å². The third kappa shape index (κ3) is 9.30. The van der Waals surface area contributed by atoms with Crippen molar-refractivity contribution >= 4 is 47.5 Å². The smallest absolute Gasteiger partial charge is 0.230 e. The van der Waals surface area contributed by atoms with Crippen molar-refractivity contribution in [2.75, 3.05) is 31.1 Å². The van der Waals surface area contributed by atoms with Crippen LogP contribution in [-0.4, -0.2) is 42.8 Å². The minimum atomic E-state index is -0.0396. The summed E-state index contributed by atoms with van der Waals surface area (Å²) < 4.78 is 0. The van der Waals surface area contributed by atoms with Gasteiger partial charge in [0, 0.05) is 23.7 Å². The molecule has 0 aromatic heterocycles. The van der Waals surface area contributed by atoms with E-state index in [1.165, 1.54) is 11.8 Å². The van der Waals surface area contributed by atoms with Crippen molar-refractivity contribution in [3.05, 3.63) is 34.9 Å². The van der Waals surface area contributed by atoms with Gasteiger partial charge in [0.15, 0.2) is 5.78 Å². The molecule has 124 valence electrons. The fourth-order valence-corrected chi connectivity index (χ4v) is 2.47. The number of thioether (sulfide) groups is 1. The Labute approximate surface area is 147 Å². The molecule has 7 heteroatoms. The molecule has 0 radical (unpaired) electrons. The Bertz CT molecular complexity index is 455. The number of hydrogen-bond donors (Lipinski definition) is 2. The molecular formula is C15H22Cl2N2O2S. The van der Waals surface area contributed by atoms with Crippen LogP contribution < -0.4 is 10.6 Å². The maximum Gasteiger partial charge on any atom is 0.230 e. The summed E-state index contributed by atoms with van der Waals surface area (Å²) in [4.78, 5) is 23.4. The highest BCUT2D eigenvalue weighted by atomic mass is 35.5. The van der Waals surface area contributed by atoms with E-state index in [-0.39, 0.29) is 24.1 Å². The van der Waals surface area contributed by atoms with E-state index in [4.69, 9.17) is 11.6 Å². The first-order chi connectivity index (χ1) is 10.1. The molecule has 1 aromatic rings. The van der Waals surface area contributed by atoms with Gasteiger partial charge in [-0.25, -0.2) is 0 Å². The lowest BCUT2D eigenvalue weighted by molar-refractivity contribution is -0.118. The summed E-state index contributed by atoms with van der Waals surface area (Å²) in [6.07, 6.45) is 1.08. The zero-order valence-electron chi connectivity index (χ0n) is 12.6. The average Bonchev–Trinajstić information content (AvgIpc) is 2.47. The summed E-state index contributed by atoms with van der Waals surface area (Å²) >= 11 is 7.09. The summed E-state index contributed by atoms with van der Waals surface area (Å²) in [5.74, 6) is 0.562. The fraction of sp³-hybridized carbons (Fsp3) is 0.467. The zero-order chi connectivity index (χ0) is 15.5. The first-order valence-corrected chi connectivity index (χ1v) is 8.50. The molecule has 0 heterocycles. The van der Waals surface area contributed by atoms with Crippen molar-refractivity contribution in [2.45, 2.75) is 13.3 Å². The van der Waals surface area contributed by atoms with E-state index in [0.29, 0.717) is 28.6 Å². The van der Waals surface area contributed by atoms with Gasteiger partial charge in [-0.05, 0) is 37.2 Å². The predicted molar refractivity (Wildman–Crippen MR) is 96.5 cm³/mol. The molecule has 1 aromatic carbocycles. The zero-order valence-corrected chi connectivity index (χ0v) is 15.0. The second-order valence-corrected chi connectivity index (χ2v) is 5.94. The van der Waals surface area contributed by atoms with Crippen molar-refractivity contribution in [1.82, 2.24) is 10.6 Å². The maximum atomic E-state index is 11.9. The van der Waals surface area contributed by atoms with Crippen LogP contribution in [0.15, 0.2) is 24.3 Å². The Balaban J connectivity index is 0.00000441. The SMILES string of the molecule is CCCNCCNC(=O)CSCC(=O)c1ccc(Cl)cc1.Cl. The highest BCUT2D eigenvalue weighted by Crippen LogP contribution is 2.12. The van der Waals surface area contributed by atoms with E-state index < -0.39 is 0 Å². The Morgan fingerprint density at radius 2 is 1.77 bits per heavy atom. The van der Waals surface area contributed by atoms with E-state index >= 15 is 0 Å². The van der Waals surface area contributed by atoms with Gasteiger partial charge >= 0.3 is 0 Å². The van der Waals surface area contributed by atoms with Gasteiger partial charge in [0.1, 0.15) is 0 Å². The summed E-state index contributed by atoms with van der Waals surface area (Å²) in [6.45, 7) is 4.44. The van der Waals surface area contributed by atoms with Gasteiger partial charge in [0.05, 0.1) is 11.5 Å². The van der Waals surface area contributed by atoms with Crippen LogP contribution in [0.5, 0.6) is 0 Å². The Morgan fingerprint density at radius 1 is 1.09 bits per heavy atom. The molecule has 0 fully saturated rings. The number of hydrogen-bond acceptors (Lipinski definition) is 4. The highest BCUT2D eigenvalue weighted by molar-refractivity contribution is 8.00. The van der Waals surface area contributed by atoms with E-state index in [1.54, 1.807) is 24.3 Å². The van der Waals surface area contributed by atoms with Crippen LogP contribution in [0.1, 0.15) is 23.7 Å².